The highest BCUT2D eigenvalue weighted by Gasteiger charge is 2.26. The molecule has 3 aromatic rings. The molecule has 4 nitrogen and oxygen atoms in total. The molecule has 3 aromatic carbocycles. The first-order valence-electron chi connectivity index (χ1n) is 8.94. The van der Waals surface area contributed by atoms with Crippen molar-refractivity contribution >= 4 is 29.5 Å². The van der Waals surface area contributed by atoms with E-state index in [1.807, 2.05) is 30.3 Å². The summed E-state index contributed by atoms with van der Waals surface area (Å²) in [4.78, 5) is 16.3. The van der Waals surface area contributed by atoms with Crippen molar-refractivity contribution in [1.82, 2.24) is 0 Å². The van der Waals surface area contributed by atoms with Gasteiger partial charge in [0.2, 0.25) is 5.90 Å². The van der Waals surface area contributed by atoms with Crippen LogP contribution in [0.25, 0.3) is 6.08 Å². The van der Waals surface area contributed by atoms with E-state index >= 15 is 0 Å². The zero-order valence-corrected chi connectivity index (χ0v) is 16.2. The molecule has 0 N–H and O–H groups in total. The van der Waals surface area contributed by atoms with Crippen LogP contribution < -0.4 is 4.74 Å². The Hall–Kier alpha value is -3.51. The summed E-state index contributed by atoms with van der Waals surface area (Å²) in [7, 11) is 0. The lowest BCUT2D eigenvalue weighted by Crippen LogP contribution is -2.07. The number of aliphatic imine (C=N–C) groups is 1. The highest BCUT2D eigenvalue weighted by molar-refractivity contribution is 6.34. The van der Waals surface area contributed by atoms with Crippen LogP contribution in [0.4, 0.5) is 8.78 Å². The number of halogens is 3. The zero-order valence-electron chi connectivity index (χ0n) is 15.4. The Bertz CT molecular complexity index is 1180. The summed E-state index contributed by atoms with van der Waals surface area (Å²) >= 11 is 5.93. The Morgan fingerprint density at radius 3 is 2.57 bits per heavy atom. The summed E-state index contributed by atoms with van der Waals surface area (Å²) in [6.45, 7) is 0.403. The summed E-state index contributed by atoms with van der Waals surface area (Å²) in [5, 5.41) is -0.113. The average Bonchev–Trinajstić information content (AvgIpc) is 3.10. The maximum atomic E-state index is 13.5. The third kappa shape index (κ3) is 4.39. The van der Waals surface area contributed by atoms with Crippen molar-refractivity contribution < 1.29 is 23.0 Å². The smallest absolute Gasteiger partial charge is 0.363 e. The first-order chi connectivity index (χ1) is 14.5. The van der Waals surface area contributed by atoms with E-state index in [4.69, 9.17) is 21.1 Å². The summed E-state index contributed by atoms with van der Waals surface area (Å²) in [6.07, 6.45) is 1.51. The average molecular weight is 426 g/mol. The molecule has 0 saturated carbocycles. The van der Waals surface area contributed by atoms with E-state index in [1.54, 1.807) is 24.3 Å². The minimum absolute atomic E-state index is 0.00556. The van der Waals surface area contributed by atoms with Crippen molar-refractivity contribution in [3.63, 3.8) is 0 Å². The Labute approximate surface area is 176 Å². The number of nitrogens with zero attached hydrogens (tertiary/aromatic N) is 1. The van der Waals surface area contributed by atoms with Gasteiger partial charge in [0.05, 0.1) is 10.6 Å². The van der Waals surface area contributed by atoms with Crippen LogP contribution in [0.15, 0.2) is 77.4 Å². The Morgan fingerprint density at radius 1 is 1.00 bits per heavy atom. The van der Waals surface area contributed by atoms with Crippen LogP contribution in [0.1, 0.15) is 16.7 Å². The monoisotopic (exact) mass is 425 g/mol. The minimum Gasteiger partial charge on any atom is -0.489 e. The predicted octanol–water partition coefficient (Wildman–Crippen LogP) is 5.54. The van der Waals surface area contributed by atoms with E-state index in [0.29, 0.717) is 17.9 Å². The molecule has 4 rings (SSSR count). The molecule has 0 radical (unpaired) electrons. The third-order valence-corrected chi connectivity index (χ3v) is 4.58. The normalized spacial score (nSPS) is 14.6. The van der Waals surface area contributed by atoms with Gasteiger partial charge < -0.3 is 9.47 Å². The number of carbonyl (C=O) groups excluding carboxylic acids is 1. The lowest BCUT2D eigenvalue weighted by atomic mass is 10.2. The number of hydrogen-bond donors (Lipinski definition) is 0. The van der Waals surface area contributed by atoms with Crippen LogP contribution in [0.3, 0.4) is 0 Å². The van der Waals surface area contributed by atoms with Gasteiger partial charge in [0, 0.05) is 0 Å². The van der Waals surface area contributed by atoms with Crippen LogP contribution in [-0.2, 0) is 16.1 Å². The minimum atomic E-state index is -1.12. The van der Waals surface area contributed by atoms with Gasteiger partial charge in [0.1, 0.15) is 12.4 Å². The van der Waals surface area contributed by atoms with Crippen LogP contribution in [0.5, 0.6) is 5.75 Å². The molecular formula is C23H14ClF2NO3. The molecule has 0 fully saturated rings. The number of rotatable bonds is 5. The van der Waals surface area contributed by atoms with Crippen molar-refractivity contribution in [3.8, 4) is 5.75 Å². The number of esters is 1. The lowest BCUT2D eigenvalue weighted by molar-refractivity contribution is -0.129. The zero-order chi connectivity index (χ0) is 21.1. The molecule has 0 unspecified atom stereocenters. The van der Waals surface area contributed by atoms with Gasteiger partial charge in [0.25, 0.3) is 0 Å². The van der Waals surface area contributed by atoms with Crippen molar-refractivity contribution in [1.29, 1.82) is 0 Å². The Balaban J connectivity index is 1.56. The van der Waals surface area contributed by atoms with Gasteiger partial charge in [-0.25, -0.2) is 18.6 Å². The van der Waals surface area contributed by atoms with E-state index in [1.165, 1.54) is 6.08 Å². The van der Waals surface area contributed by atoms with Crippen molar-refractivity contribution in [2.45, 2.75) is 6.61 Å². The fourth-order valence-corrected chi connectivity index (χ4v) is 3.03. The number of hydrogen-bond acceptors (Lipinski definition) is 4. The molecule has 1 heterocycles. The fraction of sp³-hybridized carbons (Fsp3) is 0.0435. The second kappa shape index (κ2) is 8.47. The second-order valence-electron chi connectivity index (χ2n) is 6.43. The van der Waals surface area contributed by atoms with Crippen LogP contribution >= 0.6 is 11.6 Å². The highest BCUT2D eigenvalue weighted by Crippen LogP contribution is 2.26. The molecule has 0 spiro atoms. The van der Waals surface area contributed by atoms with Crippen LogP contribution in [0, 0.1) is 11.6 Å². The predicted molar refractivity (Wildman–Crippen MR) is 109 cm³/mol. The third-order valence-electron chi connectivity index (χ3n) is 4.27. The lowest BCUT2D eigenvalue weighted by Gasteiger charge is -2.07. The molecule has 1 aliphatic rings. The number of carbonyl (C=O) groups is 1. The molecule has 0 atom stereocenters. The molecule has 0 aromatic heterocycles. The summed E-state index contributed by atoms with van der Waals surface area (Å²) in [5.74, 6) is -2.51. The first-order valence-corrected chi connectivity index (χ1v) is 9.31. The van der Waals surface area contributed by atoms with E-state index in [-0.39, 0.29) is 22.2 Å². The topological polar surface area (TPSA) is 47.9 Å². The standard InChI is InChI=1S/C23H14ClF2NO3/c24-18-12-20(26)19(25)11-17(18)22-27-21(23(28)30-22)10-15-7-4-8-16(9-15)29-13-14-5-2-1-3-6-14/h1-12H,13H2/b21-10-. The molecule has 30 heavy (non-hydrogen) atoms. The molecule has 0 saturated heterocycles. The van der Waals surface area contributed by atoms with Gasteiger partial charge in [0.15, 0.2) is 17.3 Å². The molecule has 0 bridgehead atoms. The number of benzene rings is 3. The second-order valence-corrected chi connectivity index (χ2v) is 6.84. The molecule has 0 aliphatic carbocycles. The van der Waals surface area contributed by atoms with Crippen LogP contribution in [-0.4, -0.2) is 11.9 Å². The molecule has 7 heteroatoms. The molecule has 1 aliphatic heterocycles. The van der Waals surface area contributed by atoms with Crippen molar-refractivity contribution in [2.24, 2.45) is 4.99 Å². The van der Waals surface area contributed by atoms with Gasteiger partial charge in [-0.15, -0.1) is 0 Å². The van der Waals surface area contributed by atoms with Crippen molar-refractivity contribution in [3.05, 3.63) is 106 Å². The van der Waals surface area contributed by atoms with Gasteiger partial charge in [-0.2, -0.15) is 0 Å². The maximum absolute atomic E-state index is 13.5. The quantitative estimate of drug-likeness (QED) is 0.306. The fourth-order valence-electron chi connectivity index (χ4n) is 2.80. The van der Waals surface area contributed by atoms with E-state index in [0.717, 1.165) is 17.7 Å². The molecular weight excluding hydrogens is 412 g/mol. The summed E-state index contributed by atoms with van der Waals surface area (Å²) in [5.41, 5.74) is 1.69. The maximum Gasteiger partial charge on any atom is 0.363 e. The SMILES string of the molecule is O=C1OC(c2cc(F)c(F)cc2Cl)=N/C1=C\c1cccc(OCc2ccccc2)c1. The van der Waals surface area contributed by atoms with E-state index in [2.05, 4.69) is 4.99 Å². The largest absolute Gasteiger partial charge is 0.489 e. The molecule has 150 valence electrons. The van der Waals surface area contributed by atoms with Gasteiger partial charge >= 0.3 is 5.97 Å². The summed E-state index contributed by atoms with van der Waals surface area (Å²) in [6, 6.07) is 18.5. The first kappa shape index (κ1) is 19.8. The molecule has 0 amide bonds. The Kier molecular flexibility index (Phi) is 5.59. The Morgan fingerprint density at radius 2 is 1.77 bits per heavy atom. The number of ether oxygens (including phenoxy) is 2. The highest BCUT2D eigenvalue weighted by atomic mass is 35.5. The van der Waals surface area contributed by atoms with Gasteiger partial charge in [-0.05, 0) is 41.5 Å². The summed E-state index contributed by atoms with van der Waals surface area (Å²) < 4.78 is 37.7. The van der Waals surface area contributed by atoms with Crippen LogP contribution in [0.2, 0.25) is 5.02 Å². The number of cyclic esters (lactones) is 1. The van der Waals surface area contributed by atoms with Crippen molar-refractivity contribution in [2.75, 3.05) is 0 Å². The van der Waals surface area contributed by atoms with E-state index < -0.39 is 17.6 Å². The van der Waals surface area contributed by atoms with E-state index in [9.17, 15) is 13.6 Å². The van der Waals surface area contributed by atoms with Gasteiger partial charge in [-0.1, -0.05) is 54.1 Å². The van der Waals surface area contributed by atoms with Gasteiger partial charge in [-0.3, -0.25) is 0 Å².